The van der Waals surface area contributed by atoms with Crippen molar-refractivity contribution in [3.8, 4) is 11.5 Å². The first-order chi connectivity index (χ1) is 14.5. The molecule has 0 unspecified atom stereocenters. The highest BCUT2D eigenvalue weighted by Gasteiger charge is 2.22. The van der Waals surface area contributed by atoms with E-state index in [0.717, 1.165) is 37.1 Å². The van der Waals surface area contributed by atoms with E-state index in [9.17, 15) is 9.59 Å². The van der Waals surface area contributed by atoms with Crippen molar-refractivity contribution in [1.82, 2.24) is 14.9 Å². The minimum Gasteiger partial charge on any atom is -0.497 e. The highest BCUT2D eigenvalue weighted by atomic mass is 32.1. The maximum absolute atomic E-state index is 13.1. The summed E-state index contributed by atoms with van der Waals surface area (Å²) >= 11 is 1.29. The molecule has 7 nitrogen and oxygen atoms in total. The van der Waals surface area contributed by atoms with Crippen LogP contribution >= 0.6 is 11.3 Å². The molecule has 0 radical (unpaired) electrons. The van der Waals surface area contributed by atoms with E-state index in [0.29, 0.717) is 45.2 Å². The zero-order valence-corrected chi connectivity index (χ0v) is 18.2. The van der Waals surface area contributed by atoms with Crippen LogP contribution in [0.4, 0.5) is 0 Å². The van der Waals surface area contributed by atoms with Gasteiger partial charge in [0.05, 0.1) is 24.5 Å². The number of benzene rings is 1. The third-order valence-corrected chi connectivity index (χ3v) is 6.67. The van der Waals surface area contributed by atoms with Gasteiger partial charge in [-0.05, 0) is 43.0 Å². The molecule has 2 aromatic heterocycles. The monoisotopic (exact) mass is 427 g/mol. The Labute approximate surface area is 178 Å². The maximum atomic E-state index is 13.1. The fourth-order valence-corrected chi connectivity index (χ4v) is 4.96. The zero-order chi connectivity index (χ0) is 21.3. The van der Waals surface area contributed by atoms with E-state index in [2.05, 4.69) is 5.32 Å². The van der Waals surface area contributed by atoms with Gasteiger partial charge in [-0.2, -0.15) is 0 Å². The topological polar surface area (TPSA) is 82.5 Å². The Kier molecular flexibility index (Phi) is 5.76. The fraction of sp³-hybridized carbons (Fsp3) is 0.409. The van der Waals surface area contributed by atoms with Crippen molar-refractivity contribution >= 4 is 27.5 Å². The van der Waals surface area contributed by atoms with E-state index in [1.807, 2.05) is 19.1 Å². The number of carbonyl (C=O) groups is 1. The average molecular weight is 428 g/mol. The molecule has 0 atom stereocenters. The third kappa shape index (κ3) is 3.79. The summed E-state index contributed by atoms with van der Waals surface area (Å²) < 4.78 is 12.4. The normalized spacial score (nSPS) is 13.6. The number of aromatic nitrogens is 2. The van der Waals surface area contributed by atoms with Crippen LogP contribution in [0.25, 0.3) is 10.2 Å². The summed E-state index contributed by atoms with van der Waals surface area (Å²) in [5.41, 5.74) is 1.54. The van der Waals surface area contributed by atoms with E-state index in [-0.39, 0.29) is 11.5 Å². The highest BCUT2D eigenvalue weighted by molar-refractivity contribution is 7.20. The molecule has 1 N–H and O–H groups in total. The number of thiophene rings is 1. The summed E-state index contributed by atoms with van der Waals surface area (Å²) in [6.07, 6.45) is 3.94. The first-order valence-corrected chi connectivity index (χ1v) is 10.9. The minimum atomic E-state index is -0.211. The lowest BCUT2D eigenvalue weighted by Gasteiger charge is -2.09. The lowest BCUT2D eigenvalue weighted by molar-refractivity contribution is 0.0954. The number of hydrogen-bond donors (Lipinski definition) is 1. The molecule has 0 bridgehead atoms. The van der Waals surface area contributed by atoms with E-state index < -0.39 is 0 Å². The van der Waals surface area contributed by atoms with Crippen molar-refractivity contribution in [3.05, 3.63) is 50.4 Å². The summed E-state index contributed by atoms with van der Waals surface area (Å²) in [7, 11) is 3.18. The third-order valence-electron chi connectivity index (χ3n) is 5.48. The van der Waals surface area contributed by atoms with Crippen molar-refractivity contribution in [3.63, 3.8) is 0 Å². The van der Waals surface area contributed by atoms with Gasteiger partial charge in [-0.15, -0.1) is 11.3 Å². The van der Waals surface area contributed by atoms with Crippen LogP contribution in [-0.2, 0) is 19.5 Å². The average Bonchev–Trinajstić information content (AvgIpc) is 2.92. The van der Waals surface area contributed by atoms with Gasteiger partial charge in [0.1, 0.15) is 22.2 Å². The Hall–Kier alpha value is -2.87. The molecule has 0 aliphatic carbocycles. The van der Waals surface area contributed by atoms with Crippen LogP contribution in [0, 0.1) is 6.92 Å². The number of hydrogen-bond acceptors (Lipinski definition) is 6. The van der Waals surface area contributed by atoms with Crippen LogP contribution in [0.15, 0.2) is 23.0 Å². The first kappa shape index (κ1) is 20.4. The van der Waals surface area contributed by atoms with Crippen LogP contribution in [0.2, 0.25) is 0 Å². The van der Waals surface area contributed by atoms with E-state index in [1.54, 1.807) is 24.9 Å². The largest absolute Gasteiger partial charge is 0.497 e. The quantitative estimate of drug-likeness (QED) is 0.675. The number of ether oxygens (including phenoxy) is 2. The molecule has 3 heterocycles. The predicted octanol–water partition coefficient (Wildman–Crippen LogP) is 3.44. The molecule has 0 spiro atoms. The fourth-order valence-electron chi connectivity index (χ4n) is 3.86. The number of aryl methyl sites for hydroxylation is 2. The summed E-state index contributed by atoms with van der Waals surface area (Å²) in [5, 5.41) is 3.51. The van der Waals surface area contributed by atoms with Crippen LogP contribution in [0.3, 0.4) is 0 Å². The molecule has 0 saturated heterocycles. The molecule has 0 fully saturated rings. The molecule has 1 amide bonds. The summed E-state index contributed by atoms with van der Waals surface area (Å²) in [5.74, 6) is 1.95. The number of nitrogens with one attached hydrogen (secondary N) is 1. The molecule has 4 rings (SSSR count). The molecule has 8 heteroatoms. The van der Waals surface area contributed by atoms with E-state index in [1.165, 1.54) is 11.3 Å². The number of fused-ring (bicyclic) bond motifs is 2. The Balaban J connectivity index is 1.62. The lowest BCUT2D eigenvalue weighted by Crippen LogP contribution is -2.25. The second-order valence-electron chi connectivity index (χ2n) is 7.44. The second kappa shape index (κ2) is 8.47. The Morgan fingerprint density at radius 3 is 2.60 bits per heavy atom. The maximum Gasteiger partial charge on any atom is 0.262 e. The molecule has 1 aromatic carbocycles. The van der Waals surface area contributed by atoms with Gasteiger partial charge in [0.2, 0.25) is 0 Å². The summed E-state index contributed by atoms with van der Waals surface area (Å²) in [6.45, 7) is 2.85. The number of amides is 1. The molecular formula is C22H25N3O4S. The Morgan fingerprint density at radius 2 is 1.90 bits per heavy atom. The lowest BCUT2D eigenvalue weighted by atomic mass is 10.1. The van der Waals surface area contributed by atoms with Gasteiger partial charge in [-0.1, -0.05) is 6.42 Å². The number of rotatable bonds is 5. The minimum absolute atomic E-state index is 0.0257. The number of nitrogens with zero attached hydrogens (tertiary/aromatic N) is 2. The van der Waals surface area contributed by atoms with Crippen LogP contribution in [0.1, 0.15) is 45.9 Å². The second-order valence-corrected chi connectivity index (χ2v) is 8.43. The van der Waals surface area contributed by atoms with Gasteiger partial charge in [-0.3, -0.25) is 14.2 Å². The summed E-state index contributed by atoms with van der Waals surface area (Å²) in [6, 6.07) is 5.49. The molecule has 1 aliphatic rings. The summed E-state index contributed by atoms with van der Waals surface area (Å²) in [4.78, 5) is 31.9. The van der Waals surface area contributed by atoms with Gasteiger partial charge in [-0.25, -0.2) is 4.98 Å². The van der Waals surface area contributed by atoms with Gasteiger partial charge in [0.15, 0.2) is 0 Å². The first-order valence-electron chi connectivity index (χ1n) is 10.0. The molecule has 158 valence electrons. The number of carbonyl (C=O) groups excluding carboxylic acids is 1. The molecule has 30 heavy (non-hydrogen) atoms. The van der Waals surface area contributed by atoms with Crippen molar-refractivity contribution < 1.29 is 14.3 Å². The van der Waals surface area contributed by atoms with E-state index in [4.69, 9.17) is 14.5 Å². The zero-order valence-electron chi connectivity index (χ0n) is 17.4. The molecule has 1 aliphatic heterocycles. The standard InChI is InChI=1S/C22H25N3O4S/c1-13-18-21(24-17-7-5-4-6-8-25(17)22(18)27)30-19(13)20(26)23-12-14-9-15(28-2)11-16(10-14)29-3/h9-11H,4-8,12H2,1-3H3,(H,23,26). The molecule has 3 aromatic rings. The van der Waals surface area contributed by atoms with E-state index >= 15 is 0 Å². The van der Waals surface area contributed by atoms with Crippen LogP contribution in [0.5, 0.6) is 11.5 Å². The van der Waals surface area contributed by atoms with Gasteiger partial charge in [0.25, 0.3) is 11.5 Å². The van der Waals surface area contributed by atoms with Crippen LogP contribution < -0.4 is 20.3 Å². The predicted molar refractivity (Wildman–Crippen MR) is 117 cm³/mol. The smallest absolute Gasteiger partial charge is 0.262 e. The van der Waals surface area contributed by atoms with Gasteiger partial charge in [0, 0.05) is 25.6 Å². The van der Waals surface area contributed by atoms with Crippen molar-refractivity contribution in [2.45, 2.75) is 45.7 Å². The van der Waals surface area contributed by atoms with Crippen molar-refractivity contribution in [1.29, 1.82) is 0 Å². The van der Waals surface area contributed by atoms with Crippen LogP contribution in [-0.4, -0.2) is 29.7 Å². The molecule has 0 saturated carbocycles. The van der Waals surface area contributed by atoms with Crippen molar-refractivity contribution in [2.75, 3.05) is 14.2 Å². The van der Waals surface area contributed by atoms with Gasteiger partial charge >= 0.3 is 0 Å². The Bertz CT molecular complexity index is 1140. The van der Waals surface area contributed by atoms with Gasteiger partial charge < -0.3 is 14.8 Å². The highest BCUT2D eigenvalue weighted by Crippen LogP contribution is 2.28. The molecular weight excluding hydrogens is 402 g/mol. The Morgan fingerprint density at radius 1 is 1.17 bits per heavy atom. The SMILES string of the molecule is COc1cc(CNC(=O)c2sc3nc4n(c(=O)c3c2C)CCCCC4)cc(OC)c1. The van der Waals surface area contributed by atoms with Crippen molar-refractivity contribution in [2.24, 2.45) is 0 Å². The number of methoxy groups -OCH3 is 2.